The zero-order chi connectivity index (χ0) is 25.9. The molecule has 1 atom stereocenters. The van der Waals surface area contributed by atoms with E-state index in [1.807, 2.05) is 25.5 Å². The van der Waals surface area contributed by atoms with Crippen LogP contribution in [-0.4, -0.2) is 35.8 Å². The highest BCUT2D eigenvalue weighted by Gasteiger charge is 2.43. The Balaban J connectivity index is 1.19. The van der Waals surface area contributed by atoms with Crippen LogP contribution >= 0.6 is 0 Å². The number of nitrogens with one attached hydrogen (secondary N) is 2. The minimum atomic E-state index is -0.179. The molecule has 7 rings (SSSR count). The van der Waals surface area contributed by atoms with Gasteiger partial charge in [-0.05, 0) is 54.9 Å². The van der Waals surface area contributed by atoms with Gasteiger partial charge in [-0.3, -0.25) is 9.48 Å². The van der Waals surface area contributed by atoms with Crippen molar-refractivity contribution in [3.05, 3.63) is 71.5 Å². The van der Waals surface area contributed by atoms with Gasteiger partial charge in [-0.15, -0.1) is 0 Å². The summed E-state index contributed by atoms with van der Waals surface area (Å²) in [5.74, 6) is 1.38. The summed E-state index contributed by atoms with van der Waals surface area (Å²) >= 11 is 0. The van der Waals surface area contributed by atoms with E-state index >= 15 is 0 Å². The molecule has 0 saturated heterocycles. The molecule has 1 fully saturated rings. The Morgan fingerprint density at radius 2 is 2.08 bits per heavy atom. The maximum atomic E-state index is 13.1. The Bertz CT molecular complexity index is 1670. The van der Waals surface area contributed by atoms with Crippen LogP contribution in [0, 0.1) is 0 Å². The molecule has 4 aromatic heterocycles. The van der Waals surface area contributed by atoms with Gasteiger partial charge in [0, 0.05) is 36.5 Å². The van der Waals surface area contributed by atoms with Gasteiger partial charge in [0.2, 0.25) is 0 Å². The molecule has 0 bridgehead atoms. The maximum Gasteiger partial charge on any atom is 0.273 e. The van der Waals surface area contributed by atoms with E-state index in [0.717, 1.165) is 78.0 Å². The lowest BCUT2D eigenvalue weighted by molar-refractivity contribution is 0.0925. The van der Waals surface area contributed by atoms with Gasteiger partial charge in [-0.25, -0.2) is 9.97 Å². The second-order valence-corrected chi connectivity index (χ2v) is 10.9. The van der Waals surface area contributed by atoms with Gasteiger partial charge in [0.05, 0.1) is 17.8 Å². The van der Waals surface area contributed by atoms with Crippen molar-refractivity contribution in [2.45, 2.75) is 56.9 Å². The number of benzene rings is 1. The van der Waals surface area contributed by atoms with Crippen LogP contribution in [0.15, 0.2) is 53.4 Å². The van der Waals surface area contributed by atoms with Crippen molar-refractivity contribution in [3.63, 3.8) is 0 Å². The predicted molar refractivity (Wildman–Crippen MR) is 142 cm³/mol. The van der Waals surface area contributed by atoms with Crippen LogP contribution in [0.2, 0.25) is 0 Å². The number of carbonyl (C=O) groups is 1. The second-order valence-electron chi connectivity index (χ2n) is 10.9. The number of aromatic nitrogens is 6. The standard InChI is InChI=1S/C29H29N7O2/c1-29(10-11-29)24-14-23(35-38-24)28(37)32-22-6-4-3-5-17-13-18(7-8-20(17)22)21-9-12-30-27-25(21)33-26(34-27)19-15-31-36(2)16-19/h7-9,12-16,22H,3-6,10-11H2,1-2H3,(H,32,37)(H,30,33,34)/t22-/m0/s1. The van der Waals surface area contributed by atoms with Crippen LogP contribution in [-0.2, 0) is 18.9 Å². The topological polar surface area (TPSA) is 115 Å². The quantitative estimate of drug-likeness (QED) is 0.314. The normalized spacial score (nSPS) is 18.2. The number of hydrogen-bond acceptors (Lipinski definition) is 6. The molecular weight excluding hydrogens is 478 g/mol. The summed E-state index contributed by atoms with van der Waals surface area (Å²) in [6, 6.07) is 10.3. The third-order valence-corrected chi connectivity index (χ3v) is 8.02. The van der Waals surface area contributed by atoms with E-state index in [9.17, 15) is 4.79 Å². The van der Waals surface area contributed by atoms with Crippen molar-refractivity contribution in [3.8, 4) is 22.5 Å². The number of hydrogen-bond donors (Lipinski definition) is 2. The van der Waals surface area contributed by atoms with Gasteiger partial charge in [-0.1, -0.05) is 36.7 Å². The Morgan fingerprint density at radius 3 is 2.89 bits per heavy atom. The van der Waals surface area contributed by atoms with E-state index < -0.39 is 0 Å². The third-order valence-electron chi connectivity index (χ3n) is 8.02. The third kappa shape index (κ3) is 3.98. The molecule has 9 nitrogen and oxygen atoms in total. The van der Waals surface area contributed by atoms with Crippen LogP contribution in [0.3, 0.4) is 0 Å². The minimum Gasteiger partial charge on any atom is -0.360 e. The number of fused-ring (bicyclic) bond motifs is 2. The van der Waals surface area contributed by atoms with Crippen LogP contribution in [0.5, 0.6) is 0 Å². The van der Waals surface area contributed by atoms with Crippen LogP contribution in [0.25, 0.3) is 33.7 Å². The first kappa shape index (κ1) is 22.9. The van der Waals surface area contributed by atoms with Gasteiger partial charge >= 0.3 is 0 Å². The van der Waals surface area contributed by atoms with Crippen molar-refractivity contribution in [2.75, 3.05) is 0 Å². The van der Waals surface area contributed by atoms with Crippen molar-refractivity contribution in [1.29, 1.82) is 0 Å². The zero-order valence-corrected chi connectivity index (χ0v) is 21.5. The number of imidazole rings is 1. The molecule has 2 aliphatic rings. The van der Waals surface area contributed by atoms with E-state index in [-0.39, 0.29) is 17.4 Å². The molecule has 0 radical (unpaired) electrons. The number of aromatic amines is 1. The van der Waals surface area contributed by atoms with Crippen LogP contribution in [0.4, 0.5) is 0 Å². The molecule has 192 valence electrons. The summed E-state index contributed by atoms with van der Waals surface area (Å²) in [6.45, 7) is 2.15. The monoisotopic (exact) mass is 507 g/mol. The lowest BCUT2D eigenvalue weighted by atomic mass is 9.94. The van der Waals surface area contributed by atoms with Crippen LogP contribution < -0.4 is 5.32 Å². The molecule has 1 aromatic carbocycles. The van der Waals surface area contributed by atoms with Gasteiger partial charge in [0.15, 0.2) is 11.3 Å². The SMILES string of the molecule is Cn1cc(-c2nc3c(-c4ccc5c(c4)CCCC[C@@H]5NC(=O)c4cc(C5(C)CC5)on4)ccnc3[nH]2)cn1. The van der Waals surface area contributed by atoms with E-state index in [1.165, 1.54) is 11.1 Å². The summed E-state index contributed by atoms with van der Waals surface area (Å²) in [7, 11) is 1.89. The smallest absolute Gasteiger partial charge is 0.273 e. The molecule has 1 saturated carbocycles. The minimum absolute atomic E-state index is 0.0439. The maximum absolute atomic E-state index is 13.1. The van der Waals surface area contributed by atoms with Crippen molar-refractivity contribution >= 4 is 17.1 Å². The van der Waals surface area contributed by atoms with Gasteiger partial charge in [0.25, 0.3) is 5.91 Å². The Morgan fingerprint density at radius 1 is 1.18 bits per heavy atom. The fourth-order valence-corrected chi connectivity index (χ4v) is 5.46. The van der Waals surface area contributed by atoms with E-state index in [2.05, 4.69) is 50.7 Å². The number of amides is 1. The molecule has 0 spiro atoms. The summed E-state index contributed by atoms with van der Waals surface area (Å²) in [6.07, 6.45) is 11.7. The molecule has 5 aromatic rings. The second kappa shape index (κ2) is 8.65. The number of aryl methyl sites for hydroxylation is 2. The lowest BCUT2D eigenvalue weighted by Crippen LogP contribution is -2.29. The first-order valence-electron chi connectivity index (χ1n) is 13.2. The van der Waals surface area contributed by atoms with Gasteiger partial charge < -0.3 is 14.8 Å². The summed E-state index contributed by atoms with van der Waals surface area (Å²) in [5, 5.41) is 11.6. The molecular formula is C29H29N7O2. The number of nitrogens with zero attached hydrogens (tertiary/aromatic N) is 5. The predicted octanol–water partition coefficient (Wildman–Crippen LogP) is 5.26. The average Bonchev–Trinajstić information content (AvgIpc) is 3.28. The number of pyridine rings is 1. The van der Waals surface area contributed by atoms with Crippen molar-refractivity contribution in [2.24, 2.45) is 7.05 Å². The van der Waals surface area contributed by atoms with Crippen molar-refractivity contribution < 1.29 is 9.32 Å². The first-order valence-corrected chi connectivity index (χ1v) is 13.2. The van der Waals surface area contributed by atoms with Gasteiger partial charge in [-0.2, -0.15) is 5.10 Å². The number of H-pyrrole nitrogens is 1. The highest BCUT2D eigenvalue weighted by molar-refractivity contribution is 5.93. The highest BCUT2D eigenvalue weighted by atomic mass is 16.5. The molecule has 38 heavy (non-hydrogen) atoms. The molecule has 2 aliphatic carbocycles. The van der Waals surface area contributed by atoms with Gasteiger partial charge in [0.1, 0.15) is 17.1 Å². The molecule has 0 aliphatic heterocycles. The van der Waals surface area contributed by atoms with E-state index in [0.29, 0.717) is 5.69 Å². The van der Waals surface area contributed by atoms with E-state index in [4.69, 9.17) is 9.51 Å². The molecule has 1 amide bonds. The molecule has 9 heteroatoms. The van der Waals surface area contributed by atoms with Crippen molar-refractivity contribution in [1.82, 2.24) is 35.2 Å². The summed E-state index contributed by atoms with van der Waals surface area (Å²) < 4.78 is 7.26. The summed E-state index contributed by atoms with van der Waals surface area (Å²) in [4.78, 5) is 25.8. The van der Waals surface area contributed by atoms with E-state index in [1.54, 1.807) is 16.9 Å². The lowest BCUT2D eigenvalue weighted by Gasteiger charge is -2.19. The van der Waals surface area contributed by atoms with Crippen LogP contribution in [0.1, 0.15) is 72.4 Å². The average molecular weight is 508 g/mol. The molecule has 0 unspecified atom stereocenters. The number of rotatable bonds is 5. The zero-order valence-electron chi connectivity index (χ0n) is 21.5. The largest absolute Gasteiger partial charge is 0.360 e. The highest BCUT2D eigenvalue weighted by Crippen LogP contribution is 2.47. The first-order chi connectivity index (χ1) is 18.5. The molecule has 4 heterocycles. The summed E-state index contributed by atoms with van der Waals surface area (Å²) in [5.41, 5.74) is 7.43. The fraction of sp³-hybridized carbons (Fsp3) is 0.345. The Kier molecular flexibility index (Phi) is 5.21. The Hall–Kier alpha value is -4.27. The molecule has 2 N–H and O–H groups in total. The number of carbonyl (C=O) groups excluding carboxylic acids is 1. The Labute approximate surface area is 219 Å². The fourth-order valence-electron chi connectivity index (χ4n) is 5.46.